The lowest BCUT2D eigenvalue weighted by atomic mass is 10.0. The molecule has 2 unspecified atom stereocenters. The predicted octanol–water partition coefficient (Wildman–Crippen LogP) is 2.03. The number of nitrogens with one attached hydrogen (secondary N) is 1. The van der Waals surface area contributed by atoms with Crippen LogP contribution in [-0.4, -0.2) is 81.4 Å². The van der Waals surface area contributed by atoms with Gasteiger partial charge in [0.15, 0.2) is 0 Å². The summed E-state index contributed by atoms with van der Waals surface area (Å²) in [7, 11) is 1.36. The van der Waals surface area contributed by atoms with Crippen LogP contribution in [0.5, 0.6) is 5.75 Å². The third kappa shape index (κ3) is 4.75. The number of carbonyl (C=O) groups excluding carboxylic acids is 1. The molecule has 2 saturated heterocycles. The van der Waals surface area contributed by atoms with Gasteiger partial charge in [-0.25, -0.2) is 9.59 Å². The highest BCUT2D eigenvalue weighted by atomic mass is 16.9. The van der Waals surface area contributed by atoms with Crippen molar-refractivity contribution in [1.29, 1.82) is 0 Å². The first-order valence-corrected chi connectivity index (χ1v) is 9.67. The molecular weight excluding hydrogens is 396 g/mol. The molecule has 1 amide bonds. The van der Waals surface area contributed by atoms with E-state index >= 15 is 0 Å². The molecule has 1 aromatic rings. The fraction of sp³-hybridized carbons (Fsp3) is 0.579. The molecule has 4 N–H and O–H groups in total. The lowest BCUT2D eigenvalue weighted by molar-refractivity contribution is -1.30. The van der Waals surface area contributed by atoms with Crippen molar-refractivity contribution in [3.05, 3.63) is 23.8 Å². The molecule has 2 aliphatic heterocycles. The number of hydrogen-bond acceptors (Lipinski definition) is 8. The van der Waals surface area contributed by atoms with Crippen molar-refractivity contribution in [2.24, 2.45) is 11.8 Å². The maximum atomic E-state index is 12.3. The molecule has 0 bridgehead atoms. The number of methoxy groups -OCH3 is 1. The summed E-state index contributed by atoms with van der Waals surface area (Å²) in [4.78, 5) is 25.0. The molecule has 1 aromatic carbocycles. The van der Waals surface area contributed by atoms with Crippen LogP contribution in [0.3, 0.4) is 0 Å². The number of anilines is 1. The average Bonchev–Trinajstić information content (AvgIpc) is 3.19. The van der Waals surface area contributed by atoms with E-state index in [0.29, 0.717) is 26.2 Å². The van der Waals surface area contributed by atoms with Gasteiger partial charge in [-0.2, -0.15) is 0 Å². The van der Waals surface area contributed by atoms with Crippen LogP contribution in [0.4, 0.5) is 10.5 Å². The normalized spacial score (nSPS) is 22.0. The van der Waals surface area contributed by atoms with Crippen LogP contribution in [0.2, 0.25) is 0 Å². The molecule has 0 radical (unpaired) electrons. The third-order valence-corrected chi connectivity index (χ3v) is 5.23. The quantitative estimate of drug-likeness (QED) is 0.413. The molecule has 0 aromatic heterocycles. The third-order valence-electron chi connectivity index (χ3n) is 5.23. The number of carboxylic acids is 1. The molecule has 30 heavy (non-hydrogen) atoms. The van der Waals surface area contributed by atoms with Gasteiger partial charge in [0.05, 0.1) is 25.8 Å². The van der Waals surface area contributed by atoms with E-state index in [1.807, 2.05) is 20.8 Å². The largest absolute Gasteiger partial charge is 0.494 e. The lowest BCUT2D eigenvalue weighted by Crippen LogP contribution is -2.59. The Bertz CT molecular complexity index is 810. The van der Waals surface area contributed by atoms with Crippen LogP contribution >= 0.6 is 0 Å². The second kappa shape index (κ2) is 7.91. The summed E-state index contributed by atoms with van der Waals surface area (Å²) in [5.74, 6) is -0.800. The number of amides is 1. The zero-order chi connectivity index (χ0) is 22.3. The van der Waals surface area contributed by atoms with Crippen molar-refractivity contribution in [1.82, 2.24) is 9.91 Å². The van der Waals surface area contributed by atoms with Crippen LogP contribution < -0.4 is 10.2 Å². The highest BCUT2D eigenvalue weighted by molar-refractivity contribution is 5.89. The molecular formula is C19H29N4O7+. The number of quaternary nitrogens is 1. The highest BCUT2D eigenvalue weighted by Crippen LogP contribution is 2.35. The summed E-state index contributed by atoms with van der Waals surface area (Å²) >= 11 is 0. The summed E-state index contributed by atoms with van der Waals surface area (Å²) in [5.41, 5.74) is 2.22. The van der Waals surface area contributed by atoms with Gasteiger partial charge in [0, 0.05) is 24.9 Å². The van der Waals surface area contributed by atoms with Gasteiger partial charge < -0.3 is 19.5 Å². The summed E-state index contributed by atoms with van der Waals surface area (Å²) < 4.78 is 10.6. The number of likely N-dealkylation sites (tertiary alicyclic amines) is 1. The molecule has 0 saturated carbocycles. The number of aromatic carboxylic acids is 1. The smallest absolute Gasteiger partial charge is 0.410 e. The van der Waals surface area contributed by atoms with E-state index < -0.39 is 16.6 Å². The van der Waals surface area contributed by atoms with E-state index in [2.05, 4.69) is 5.43 Å². The number of carboxylic acid groups (broad SMARTS) is 1. The SMILES string of the molecule is COc1cc(C(=O)O)ccc1N[N+](O)(O)N1CC2CN(C(=O)OC(C)(C)C)CC2C1. The van der Waals surface area contributed by atoms with Gasteiger partial charge in [0.1, 0.15) is 22.1 Å². The lowest BCUT2D eigenvalue weighted by Gasteiger charge is -2.30. The molecule has 2 fully saturated rings. The Labute approximate surface area is 174 Å². The monoisotopic (exact) mass is 425 g/mol. The zero-order valence-corrected chi connectivity index (χ0v) is 17.5. The Morgan fingerprint density at radius 3 is 2.23 bits per heavy atom. The number of fused-ring (bicyclic) bond motifs is 1. The Balaban J connectivity index is 1.63. The van der Waals surface area contributed by atoms with Crippen molar-refractivity contribution >= 4 is 17.7 Å². The Morgan fingerprint density at radius 2 is 1.73 bits per heavy atom. The van der Waals surface area contributed by atoms with Crippen molar-refractivity contribution < 1.29 is 39.6 Å². The van der Waals surface area contributed by atoms with Crippen molar-refractivity contribution in [3.63, 3.8) is 0 Å². The van der Waals surface area contributed by atoms with E-state index in [-0.39, 0.29) is 34.9 Å². The van der Waals surface area contributed by atoms with Crippen LogP contribution in [0.15, 0.2) is 18.2 Å². The first kappa shape index (κ1) is 22.1. The Kier molecular flexibility index (Phi) is 5.83. The Morgan fingerprint density at radius 1 is 1.13 bits per heavy atom. The first-order chi connectivity index (χ1) is 13.9. The van der Waals surface area contributed by atoms with E-state index in [9.17, 15) is 20.0 Å². The standard InChI is InChI=1S/C19H28N4O7/c1-19(2,3)30-18(26)21-8-13-10-22(11-14(13)9-21)23(27,28)20-15-6-5-12(17(24)25)7-16(15)29-4/h5-7,13-14,20,27-28H,8-11H2,1-4H3/p+1. The summed E-state index contributed by atoms with van der Waals surface area (Å²) in [6, 6.07) is 4.04. The van der Waals surface area contributed by atoms with E-state index in [1.54, 1.807) is 4.90 Å². The Hall–Kier alpha value is -2.60. The number of rotatable bonds is 5. The second-order valence-electron chi connectivity index (χ2n) is 8.68. The second-order valence-corrected chi connectivity index (χ2v) is 8.68. The number of carbonyl (C=O) groups is 2. The van der Waals surface area contributed by atoms with Crippen molar-refractivity contribution in [2.75, 3.05) is 38.7 Å². The average molecular weight is 425 g/mol. The van der Waals surface area contributed by atoms with Gasteiger partial charge >= 0.3 is 12.1 Å². The zero-order valence-electron chi connectivity index (χ0n) is 17.5. The molecule has 3 rings (SSSR count). The van der Waals surface area contributed by atoms with Gasteiger partial charge in [0.25, 0.3) is 0 Å². The molecule has 2 atom stereocenters. The van der Waals surface area contributed by atoms with Gasteiger partial charge in [-0.15, -0.1) is 15.8 Å². The van der Waals surface area contributed by atoms with E-state index in [0.717, 1.165) is 0 Å². The molecule has 11 heteroatoms. The number of nitrogens with zero attached hydrogens (tertiary/aromatic N) is 3. The summed E-state index contributed by atoms with van der Waals surface area (Å²) in [5, 5.41) is 30.1. The van der Waals surface area contributed by atoms with E-state index in [1.165, 1.54) is 30.3 Å². The summed E-state index contributed by atoms with van der Waals surface area (Å²) in [6.07, 6.45) is -0.362. The predicted molar refractivity (Wildman–Crippen MR) is 104 cm³/mol. The molecule has 166 valence electrons. The molecule has 0 aliphatic carbocycles. The van der Waals surface area contributed by atoms with Crippen LogP contribution in [-0.2, 0) is 4.74 Å². The molecule has 2 heterocycles. The minimum atomic E-state index is -1.61. The number of benzene rings is 1. The maximum absolute atomic E-state index is 12.3. The van der Waals surface area contributed by atoms with Gasteiger partial charge in [-0.3, -0.25) is 0 Å². The minimum Gasteiger partial charge on any atom is -0.494 e. The van der Waals surface area contributed by atoms with Gasteiger partial charge in [-0.05, 0) is 39.0 Å². The fourth-order valence-electron chi connectivity index (χ4n) is 3.82. The summed E-state index contributed by atoms with van der Waals surface area (Å²) in [6.45, 7) is 7.10. The van der Waals surface area contributed by atoms with Crippen molar-refractivity contribution in [3.8, 4) is 5.75 Å². The molecule has 2 aliphatic rings. The molecule has 0 spiro atoms. The minimum absolute atomic E-state index is 0.0179. The fourth-order valence-corrected chi connectivity index (χ4v) is 3.82. The van der Waals surface area contributed by atoms with Crippen LogP contribution in [0.1, 0.15) is 31.1 Å². The van der Waals surface area contributed by atoms with Gasteiger partial charge in [-0.1, -0.05) is 5.01 Å². The topological polar surface area (TPSA) is 132 Å². The number of ether oxygens (including phenoxy) is 2. The maximum Gasteiger partial charge on any atom is 0.410 e. The number of hydrogen-bond donors (Lipinski definition) is 4. The molecule has 11 nitrogen and oxygen atoms in total. The van der Waals surface area contributed by atoms with Crippen LogP contribution in [0.25, 0.3) is 0 Å². The van der Waals surface area contributed by atoms with Crippen molar-refractivity contribution in [2.45, 2.75) is 26.4 Å². The van der Waals surface area contributed by atoms with Gasteiger partial charge in [0.2, 0.25) is 0 Å². The van der Waals surface area contributed by atoms with E-state index in [4.69, 9.17) is 14.6 Å². The highest BCUT2D eigenvalue weighted by Gasteiger charge is 2.50. The van der Waals surface area contributed by atoms with Crippen LogP contribution in [0, 0.1) is 11.8 Å². The first-order valence-electron chi connectivity index (χ1n) is 9.67.